The molecule has 2 aliphatic rings. The van der Waals surface area contributed by atoms with Gasteiger partial charge in [0.1, 0.15) is 0 Å². The summed E-state index contributed by atoms with van der Waals surface area (Å²) in [6.45, 7) is 1.67. The minimum atomic E-state index is -0.503. The lowest BCUT2D eigenvalue weighted by Crippen LogP contribution is -2.46. The highest BCUT2D eigenvalue weighted by atomic mass is 127. The Morgan fingerprint density at radius 1 is 1.32 bits per heavy atom. The van der Waals surface area contributed by atoms with Crippen molar-refractivity contribution in [2.24, 2.45) is 11.8 Å². The van der Waals surface area contributed by atoms with Gasteiger partial charge in [0, 0.05) is 35.3 Å². The van der Waals surface area contributed by atoms with Crippen LogP contribution in [0.3, 0.4) is 0 Å². The number of nitro groups is 1. The first kappa shape index (κ1) is 18.1. The van der Waals surface area contributed by atoms with Gasteiger partial charge >= 0.3 is 0 Å². The standard InChI is InChI=1S/C17H20IN3O4/c18-15-6-5-13(21(24)25)8-14(15)17(23)20-7-1-2-12(10-20)16(22)19-9-11-3-4-11/h5-6,8,11-12H,1-4,7,9-10H2,(H,19,22). The quantitative estimate of drug-likeness (QED) is 0.418. The zero-order valence-electron chi connectivity index (χ0n) is 13.7. The summed E-state index contributed by atoms with van der Waals surface area (Å²) in [4.78, 5) is 37.2. The number of rotatable bonds is 5. The van der Waals surface area contributed by atoms with E-state index in [1.165, 1.54) is 25.0 Å². The molecular weight excluding hydrogens is 437 g/mol. The number of nitrogens with one attached hydrogen (secondary N) is 1. The van der Waals surface area contributed by atoms with Crippen molar-refractivity contribution in [2.75, 3.05) is 19.6 Å². The number of carbonyl (C=O) groups excluding carboxylic acids is 2. The van der Waals surface area contributed by atoms with Gasteiger partial charge in [-0.3, -0.25) is 19.7 Å². The Morgan fingerprint density at radius 2 is 2.08 bits per heavy atom. The smallest absolute Gasteiger partial charge is 0.270 e. The maximum Gasteiger partial charge on any atom is 0.270 e. The molecule has 7 nitrogen and oxygen atoms in total. The Labute approximate surface area is 159 Å². The second-order valence-electron chi connectivity index (χ2n) is 6.70. The summed E-state index contributed by atoms with van der Waals surface area (Å²) >= 11 is 2.01. The van der Waals surface area contributed by atoms with E-state index in [1.54, 1.807) is 11.0 Å². The van der Waals surface area contributed by atoms with Crippen molar-refractivity contribution in [1.29, 1.82) is 0 Å². The van der Waals surface area contributed by atoms with E-state index in [1.807, 2.05) is 22.6 Å². The minimum Gasteiger partial charge on any atom is -0.356 e. The SMILES string of the molecule is O=C(NCC1CC1)C1CCCN(C(=O)c2cc([N+](=O)[O-])ccc2I)C1. The molecule has 1 N–H and O–H groups in total. The van der Waals surface area contributed by atoms with E-state index in [-0.39, 0.29) is 23.4 Å². The number of nitro benzene ring substituents is 1. The number of hydrogen-bond acceptors (Lipinski definition) is 4. The molecule has 0 bridgehead atoms. The maximum atomic E-state index is 12.8. The van der Waals surface area contributed by atoms with Crippen molar-refractivity contribution in [2.45, 2.75) is 25.7 Å². The summed E-state index contributed by atoms with van der Waals surface area (Å²) in [5, 5.41) is 13.9. The van der Waals surface area contributed by atoms with Crippen molar-refractivity contribution in [3.8, 4) is 0 Å². The summed E-state index contributed by atoms with van der Waals surface area (Å²) < 4.78 is 0.675. The van der Waals surface area contributed by atoms with Crippen molar-refractivity contribution in [1.82, 2.24) is 10.2 Å². The third kappa shape index (κ3) is 4.47. The molecule has 1 aromatic rings. The van der Waals surface area contributed by atoms with Gasteiger partial charge < -0.3 is 10.2 Å². The van der Waals surface area contributed by atoms with Crippen molar-refractivity contribution in [3.05, 3.63) is 37.4 Å². The highest BCUT2D eigenvalue weighted by molar-refractivity contribution is 14.1. The number of benzene rings is 1. The highest BCUT2D eigenvalue weighted by Gasteiger charge is 2.31. The van der Waals surface area contributed by atoms with E-state index in [9.17, 15) is 19.7 Å². The maximum absolute atomic E-state index is 12.8. The van der Waals surface area contributed by atoms with Gasteiger partial charge in [0.25, 0.3) is 11.6 Å². The molecule has 1 unspecified atom stereocenters. The van der Waals surface area contributed by atoms with Gasteiger partial charge in [-0.25, -0.2) is 0 Å². The minimum absolute atomic E-state index is 0.0122. The van der Waals surface area contributed by atoms with Gasteiger partial charge in [0.15, 0.2) is 0 Å². The number of likely N-dealkylation sites (tertiary alicyclic amines) is 1. The molecule has 1 aliphatic carbocycles. The van der Waals surface area contributed by atoms with Crippen LogP contribution in [0.2, 0.25) is 0 Å². The highest BCUT2D eigenvalue weighted by Crippen LogP contribution is 2.28. The average molecular weight is 457 g/mol. The molecule has 3 rings (SSSR count). The van der Waals surface area contributed by atoms with E-state index in [2.05, 4.69) is 5.32 Å². The molecule has 1 aliphatic heterocycles. The summed E-state index contributed by atoms with van der Waals surface area (Å²) in [6.07, 6.45) is 3.90. The molecule has 0 aromatic heterocycles. The molecule has 8 heteroatoms. The zero-order valence-corrected chi connectivity index (χ0v) is 15.9. The van der Waals surface area contributed by atoms with E-state index in [4.69, 9.17) is 0 Å². The Balaban J connectivity index is 1.68. The first-order valence-electron chi connectivity index (χ1n) is 8.46. The average Bonchev–Trinajstić information content (AvgIpc) is 3.44. The molecule has 1 aromatic carbocycles. The van der Waals surface area contributed by atoms with Gasteiger partial charge in [-0.15, -0.1) is 0 Å². The van der Waals surface area contributed by atoms with E-state index in [0.717, 1.165) is 19.4 Å². The van der Waals surface area contributed by atoms with Crippen LogP contribution in [0.5, 0.6) is 0 Å². The zero-order chi connectivity index (χ0) is 18.0. The van der Waals surface area contributed by atoms with Crippen LogP contribution in [-0.4, -0.2) is 41.3 Å². The van der Waals surface area contributed by atoms with Gasteiger partial charge in [-0.05, 0) is 60.3 Å². The van der Waals surface area contributed by atoms with E-state index >= 15 is 0 Å². The Bertz CT molecular complexity index is 705. The van der Waals surface area contributed by atoms with Crippen molar-refractivity contribution < 1.29 is 14.5 Å². The van der Waals surface area contributed by atoms with Crippen molar-refractivity contribution >= 4 is 40.1 Å². The lowest BCUT2D eigenvalue weighted by atomic mass is 9.96. The number of carbonyl (C=O) groups is 2. The number of halogens is 1. The van der Waals surface area contributed by atoms with Crippen LogP contribution in [0.1, 0.15) is 36.0 Å². The lowest BCUT2D eigenvalue weighted by Gasteiger charge is -2.32. The number of piperidine rings is 1. The fourth-order valence-electron chi connectivity index (χ4n) is 3.05. The summed E-state index contributed by atoms with van der Waals surface area (Å²) in [7, 11) is 0. The summed E-state index contributed by atoms with van der Waals surface area (Å²) in [5.74, 6) is 0.190. The molecule has 1 saturated heterocycles. The van der Waals surface area contributed by atoms with Crippen LogP contribution in [0.25, 0.3) is 0 Å². The van der Waals surface area contributed by atoms with Gasteiger partial charge in [0.2, 0.25) is 5.91 Å². The van der Waals surface area contributed by atoms with E-state index < -0.39 is 4.92 Å². The summed E-state index contributed by atoms with van der Waals surface area (Å²) in [6, 6.07) is 4.29. The molecule has 2 fully saturated rings. The van der Waals surface area contributed by atoms with Crippen LogP contribution >= 0.6 is 22.6 Å². The molecule has 0 spiro atoms. The van der Waals surface area contributed by atoms with E-state index in [0.29, 0.717) is 28.1 Å². The first-order chi connectivity index (χ1) is 12.0. The van der Waals surface area contributed by atoms with Crippen molar-refractivity contribution in [3.63, 3.8) is 0 Å². The second-order valence-corrected chi connectivity index (χ2v) is 7.86. The Hall–Kier alpha value is -1.71. The molecular formula is C17H20IN3O4. The van der Waals surface area contributed by atoms with Crippen LogP contribution in [0.15, 0.2) is 18.2 Å². The van der Waals surface area contributed by atoms with Crippen LogP contribution in [-0.2, 0) is 4.79 Å². The number of nitrogens with zero attached hydrogens (tertiary/aromatic N) is 2. The monoisotopic (exact) mass is 457 g/mol. The molecule has 1 heterocycles. The summed E-state index contributed by atoms with van der Waals surface area (Å²) in [5.41, 5.74) is 0.230. The third-order valence-electron chi connectivity index (χ3n) is 4.73. The fraction of sp³-hybridized carbons (Fsp3) is 0.529. The number of amides is 2. The first-order valence-corrected chi connectivity index (χ1v) is 9.54. The molecule has 2 amide bonds. The fourth-order valence-corrected chi connectivity index (χ4v) is 3.61. The third-order valence-corrected chi connectivity index (χ3v) is 5.67. The lowest BCUT2D eigenvalue weighted by molar-refractivity contribution is -0.384. The van der Waals surface area contributed by atoms with Gasteiger partial charge in [-0.2, -0.15) is 0 Å². The van der Waals surface area contributed by atoms with Gasteiger partial charge in [0.05, 0.1) is 16.4 Å². The molecule has 134 valence electrons. The molecule has 25 heavy (non-hydrogen) atoms. The van der Waals surface area contributed by atoms with Crippen LogP contribution in [0.4, 0.5) is 5.69 Å². The topological polar surface area (TPSA) is 92.6 Å². The molecule has 0 radical (unpaired) electrons. The van der Waals surface area contributed by atoms with Crippen LogP contribution < -0.4 is 5.32 Å². The van der Waals surface area contributed by atoms with Gasteiger partial charge in [-0.1, -0.05) is 0 Å². The Kier molecular flexibility index (Phi) is 5.55. The largest absolute Gasteiger partial charge is 0.356 e. The number of hydrogen-bond donors (Lipinski definition) is 1. The predicted molar refractivity (Wildman–Crippen MR) is 100 cm³/mol. The Morgan fingerprint density at radius 3 is 2.76 bits per heavy atom. The second kappa shape index (κ2) is 7.67. The molecule has 1 saturated carbocycles. The molecule has 1 atom stereocenters. The normalized spacial score (nSPS) is 20.2. The predicted octanol–water partition coefficient (Wildman–Crippen LogP) is 2.58. The van der Waals surface area contributed by atoms with Crippen LogP contribution in [0, 0.1) is 25.5 Å². The number of non-ortho nitro benzene ring substituents is 1.